The van der Waals surface area contributed by atoms with E-state index in [2.05, 4.69) is 26.0 Å². The molecule has 3 heteroatoms. The average Bonchev–Trinajstić information content (AvgIpc) is 2.90. The summed E-state index contributed by atoms with van der Waals surface area (Å²) in [6, 6.07) is 30.4. The van der Waals surface area contributed by atoms with Crippen molar-refractivity contribution < 1.29 is 13.9 Å². The minimum Gasteiger partial charge on any atom is -0.423 e. The van der Waals surface area contributed by atoms with Crippen LogP contribution >= 0.6 is 0 Å². The number of esters is 1. The number of carbonyl (C=O) groups excluding carboxylic acids is 1. The molecule has 0 heterocycles. The van der Waals surface area contributed by atoms with Gasteiger partial charge in [-0.3, -0.25) is 0 Å². The fourth-order valence-corrected chi connectivity index (χ4v) is 4.18. The van der Waals surface area contributed by atoms with Gasteiger partial charge in [-0.1, -0.05) is 99.2 Å². The third-order valence-corrected chi connectivity index (χ3v) is 6.25. The van der Waals surface area contributed by atoms with Crippen LogP contribution in [-0.2, 0) is 12.8 Å². The van der Waals surface area contributed by atoms with Gasteiger partial charge in [-0.25, -0.2) is 9.18 Å². The second-order valence-electron chi connectivity index (χ2n) is 9.11. The van der Waals surface area contributed by atoms with Crippen molar-refractivity contribution in [3.05, 3.63) is 136 Å². The number of aryl methyl sites for hydroxylation is 1. The van der Waals surface area contributed by atoms with Gasteiger partial charge in [0.05, 0.1) is 5.56 Å². The highest BCUT2D eigenvalue weighted by molar-refractivity contribution is 5.91. The van der Waals surface area contributed by atoms with Gasteiger partial charge in [-0.05, 0) is 71.3 Å². The molecule has 2 nitrogen and oxygen atoms in total. The van der Waals surface area contributed by atoms with E-state index in [1.807, 2.05) is 72.8 Å². The normalized spacial score (nSPS) is 12.0. The van der Waals surface area contributed by atoms with Gasteiger partial charge in [0.15, 0.2) is 0 Å². The Morgan fingerprint density at radius 1 is 0.861 bits per heavy atom. The van der Waals surface area contributed by atoms with E-state index in [9.17, 15) is 9.18 Å². The number of hydrogen-bond acceptors (Lipinski definition) is 2. The molecule has 36 heavy (non-hydrogen) atoms. The molecule has 0 saturated carbocycles. The van der Waals surface area contributed by atoms with Gasteiger partial charge in [0.2, 0.25) is 0 Å². The summed E-state index contributed by atoms with van der Waals surface area (Å²) in [5, 5.41) is 0. The molecule has 1 unspecified atom stereocenters. The Hall–Kier alpha value is -3.98. The lowest BCUT2D eigenvalue weighted by molar-refractivity contribution is 0.0734. The zero-order chi connectivity index (χ0) is 25.3. The highest BCUT2D eigenvalue weighted by Crippen LogP contribution is 2.22. The summed E-state index contributed by atoms with van der Waals surface area (Å²) in [7, 11) is 0. The van der Waals surface area contributed by atoms with Gasteiger partial charge in [-0.2, -0.15) is 0 Å². The second-order valence-corrected chi connectivity index (χ2v) is 9.11. The maximum atomic E-state index is 14.7. The lowest BCUT2D eigenvalue weighted by atomic mass is 9.93. The van der Waals surface area contributed by atoms with Crippen LogP contribution in [0.5, 0.6) is 5.75 Å². The Labute approximate surface area is 213 Å². The summed E-state index contributed by atoms with van der Waals surface area (Å²) in [4.78, 5) is 12.5. The van der Waals surface area contributed by atoms with Gasteiger partial charge in [-0.15, -0.1) is 0 Å². The molecular weight excluding hydrogens is 447 g/mol. The molecule has 4 aromatic carbocycles. The van der Waals surface area contributed by atoms with E-state index < -0.39 is 5.97 Å². The third-order valence-electron chi connectivity index (χ3n) is 6.25. The Balaban J connectivity index is 1.35. The van der Waals surface area contributed by atoms with Crippen LogP contribution in [0, 0.1) is 5.82 Å². The molecule has 0 spiro atoms. The number of rotatable bonds is 9. The van der Waals surface area contributed by atoms with Crippen molar-refractivity contribution in [2.24, 2.45) is 0 Å². The summed E-state index contributed by atoms with van der Waals surface area (Å²) in [5.41, 5.74) is 5.31. The zero-order valence-electron chi connectivity index (χ0n) is 20.8. The monoisotopic (exact) mass is 478 g/mol. The SMILES string of the molecule is CCCc1ccc(OC(=O)c2ccc(/C=C/c3ccc(CC(C)c4ccccc4)cc3F)cc2)cc1. The van der Waals surface area contributed by atoms with Crippen LogP contribution in [0.25, 0.3) is 12.2 Å². The van der Waals surface area contributed by atoms with Crippen molar-refractivity contribution >= 4 is 18.1 Å². The van der Waals surface area contributed by atoms with Crippen LogP contribution in [0.3, 0.4) is 0 Å². The lowest BCUT2D eigenvalue weighted by Crippen LogP contribution is -2.08. The molecule has 0 aliphatic rings. The van der Waals surface area contributed by atoms with Crippen LogP contribution in [-0.4, -0.2) is 5.97 Å². The summed E-state index contributed by atoms with van der Waals surface area (Å²) in [6.07, 6.45) is 6.46. The fraction of sp³-hybridized carbons (Fsp3) is 0.182. The van der Waals surface area contributed by atoms with Gasteiger partial charge in [0, 0.05) is 5.56 Å². The standard InChI is InChI=1S/C33H31FO2/c1-3-7-25-14-20-31(21-15-25)36-33(35)30-18-11-26(12-19-30)10-16-29-17-13-27(23-32(29)34)22-24(2)28-8-5-4-6-9-28/h4-6,8-21,23-24H,3,7,22H2,1-2H3/b16-10+. The second kappa shape index (κ2) is 12.1. The molecular formula is C33H31FO2. The largest absolute Gasteiger partial charge is 0.423 e. The molecule has 0 radical (unpaired) electrons. The predicted molar refractivity (Wildman–Crippen MR) is 146 cm³/mol. The van der Waals surface area contributed by atoms with Gasteiger partial charge in [0.25, 0.3) is 0 Å². The molecule has 0 N–H and O–H groups in total. The molecule has 0 aliphatic heterocycles. The molecule has 1 atom stereocenters. The van der Waals surface area contributed by atoms with Gasteiger partial charge >= 0.3 is 5.97 Å². The quantitative estimate of drug-likeness (QED) is 0.137. The van der Waals surface area contributed by atoms with E-state index in [1.54, 1.807) is 24.3 Å². The van der Waals surface area contributed by atoms with E-state index >= 15 is 0 Å². The number of benzene rings is 4. The highest BCUT2D eigenvalue weighted by atomic mass is 19.1. The first-order valence-electron chi connectivity index (χ1n) is 12.4. The minimum atomic E-state index is -0.403. The molecule has 4 aromatic rings. The summed E-state index contributed by atoms with van der Waals surface area (Å²) >= 11 is 0. The first-order chi connectivity index (χ1) is 17.5. The molecule has 0 aliphatic carbocycles. The van der Waals surface area contributed by atoms with E-state index in [0.29, 0.717) is 22.8 Å². The fourth-order valence-electron chi connectivity index (χ4n) is 4.18. The van der Waals surface area contributed by atoms with E-state index in [4.69, 9.17) is 4.74 Å². The van der Waals surface area contributed by atoms with Crippen molar-refractivity contribution in [3.8, 4) is 5.75 Å². The van der Waals surface area contributed by atoms with E-state index in [-0.39, 0.29) is 5.82 Å². The number of carbonyl (C=O) groups is 1. The van der Waals surface area contributed by atoms with Crippen molar-refractivity contribution in [2.75, 3.05) is 0 Å². The van der Waals surface area contributed by atoms with Crippen LogP contribution < -0.4 is 4.74 Å². The van der Waals surface area contributed by atoms with Crippen LogP contribution in [0.15, 0.2) is 97.1 Å². The average molecular weight is 479 g/mol. The molecule has 0 aromatic heterocycles. The Morgan fingerprint density at radius 2 is 1.56 bits per heavy atom. The minimum absolute atomic E-state index is 0.242. The molecule has 0 fully saturated rings. The number of hydrogen-bond donors (Lipinski definition) is 0. The lowest BCUT2D eigenvalue weighted by Gasteiger charge is -2.12. The van der Waals surface area contributed by atoms with Gasteiger partial charge < -0.3 is 4.74 Å². The van der Waals surface area contributed by atoms with Crippen LogP contribution in [0.4, 0.5) is 4.39 Å². The maximum Gasteiger partial charge on any atom is 0.343 e. The van der Waals surface area contributed by atoms with E-state index in [1.165, 1.54) is 11.1 Å². The molecule has 0 bridgehead atoms. The Kier molecular flexibility index (Phi) is 8.46. The number of ether oxygens (including phenoxy) is 1. The van der Waals surface area contributed by atoms with Crippen LogP contribution in [0.2, 0.25) is 0 Å². The summed E-state index contributed by atoms with van der Waals surface area (Å²) in [6.45, 7) is 4.29. The smallest absolute Gasteiger partial charge is 0.343 e. The van der Waals surface area contributed by atoms with E-state index in [0.717, 1.165) is 30.4 Å². The Morgan fingerprint density at radius 3 is 2.22 bits per heavy atom. The zero-order valence-corrected chi connectivity index (χ0v) is 20.8. The first-order valence-corrected chi connectivity index (χ1v) is 12.4. The Bertz CT molecular complexity index is 1310. The predicted octanol–water partition coefficient (Wildman–Crippen LogP) is 8.51. The van der Waals surface area contributed by atoms with Crippen LogP contribution in [0.1, 0.15) is 64.4 Å². The van der Waals surface area contributed by atoms with Crippen molar-refractivity contribution in [3.63, 3.8) is 0 Å². The maximum absolute atomic E-state index is 14.7. The van der Waals surface area contributed by atoms with Gasteiger partial charge in [0.1, 0.15) is 11.6 Å². The topological polar surface area (TPSA) is 26.3 Å². The first kappa shape index (κ1) is 25.1. The van der Waals surface area contributed by atoms with Crippen molar-refractivity contribution in [2.45, 2.75) is 39.0 Å². The molecule has 0 saturated heterocycles. The summed E-state index contributed by atoms with van der Waals surface area (Å²) < 4.78 is 20.2. The molecule has 0 amide bonds. The summed E-state index contributed by atoms with van der Waals surface area (Å²) in [5.74, 6) is 0.202. The van der Waals surface area contributed by atoms with Crippen molar-refractivity contribution in [1.82, 2.24) is 0 Å². The molecule has 182 valence electrons. The highest BCUT2D eigenvalue weighted by Gasteiger charge is 2.10. The number of halogens is 1. The molecule has 4 rings (SSSR count). The third kappa shape index (κ3) is 6.79. The van der Waals surface area contributed by atoms with Crippen molar-refractivity contribution in [1.29, 1.82) is 0 Å².